The number of carbonyl (C=O) groups excluding carboxylic acids is 1. The smallest absolute Gasteiger partial charge is 0.226 e. The van der Waals surface area contributed by atoms with Gasteiger partial charge in [0.25, 0.3) is 0 Å². The fourth-order valence-corrected chi connectivity index (χ4v) is 2.47. The van der Waals surface area contributed by atoms with Crippen LogP contribution in [0.1, 0.15) is 24.0 Å². The minimum Gasteiger partial charge on any atom is -0.493 e. The van der Waals surface area contributed by atoms with Crippen LogP contribution in [0.4, 0.5) is 0 Å². The molecule has 20 heavy (non-hydrogen) atoms. The maximum absolute atomic E-state index is 12.0. The second-order valence-corrected chi connectivity index (χ2v) is 5.57. The summed E-state index contributed by atoms with van der Waals surface area (Å²) in [6.07, 6.45) is 1.46. The normalized spacial score (nSPS) is 18.4. The molecule has 0 spiro atoms. The Bertz CT molecular complexity index is 474. The number of aryl methyl sites for hydroxylation is 2. The fraction of sp³-hybridized carbons (Fsp3) is 0.562. The average molecular weight is 276 g/mol. The number of hydrogen-bond acceptors (Lipinski definition) is 3. The van der Waals surface area contributed by atoms with Crippen molar-refractivity contribution < 1.29 is 9.53 Å². The van der Waals surface area contributed by atoms with Crippen LogP contribution in [0.3, 0.4) is 0 Å². The van der Waals surface area contributed by atoms with Gasteiger partial charge in [-0.3, -0.25) is 4.79 Å². The van der Waals surface area contributed by atoms with Crippen LogP contribution < -0.4 is 10.5 Å². The summed E-state index contributed by atoms with van der Waals surface area (Å²) in [5, 5.41) is 0. The maximum atomic E-state index is 12.0. The molecule has 2 N–H and O–H groups in total. The van der Waals surface area contributed by atoms with Crippen molar-refractivity contribution in [2.24, 2.45) is 11.7 Å². The molecular weight excluding hydrogens is 252 g/mol. The van der Waals surface area contributed by atoms with E-state index >= 15 is 0 Å². The minimum atomic E-state index is 0.171. The highest BCUT2D eigenvalue weighted by Crippen LogP contribution is 2.18. The third kappa shape index (κ3) is 3.73. The van der Waals surface area contributed by atoms with Gasteiger partial charge in [0.1, 0.15) is 5.75 Å². The lowest BCUT2D eigenvalue weighted by atomic mass is 10.1. The SMILES string of the molecule is Cc1ccc(OCCC(=O)N2CC[C@H](CN)C2)cc1C. The Morgan fingerprint density at radius 2 is 2.20 bits per heavy atom. The molecule has 0 aromatic heterocycles. The number of rotatable bonds is 5. The van der Waals surface area contributed by atoms with Crippen molar-refractivity contribution in [3.8, 4) is 5.75 Å². The Hall–Kier alpha value is -1.55. The van der Waals surface area contributed by atoms with Crippen LogP contribution in [0.15, 0.2) is 18.2 Å². The summed E-state index contributed by atoms with van der Waals surface area (Å²) in [6.45, 7) is 6.88. The first-order valence-electron chi connectivity index (χ1n) is 7.28. The summed E-state index contributed by atoms with van der Waals surface area (Å²) in [7, 11) is 0. The van der Waals surface area contributed by atoms with E-state index in [4.69, 9.17) is 10.5 Å². The van der Waals surface area contributed by atoms with Crippen molar-refractivity contribution in [1.82, 2.24) is 4.90 Å². The van der Waals surface area contributed by atoms with Crippen LogP contribution in [0, 0.1) is 19.8 Å². The zero-order chi connectivity index (χ0) is 14.5. The third-order valence-corrected chi connectivity index (χ3v) is 4.03. The van der Waals surface area contributed by atoms with E-state index in [1.165, 1.54) is 11.1 Å². The molecule has 0 saturated carbocycles. The van der Waals surface area contributed by atoms with Gasteiger partial charge in [-0.05, 0) is 56.0 Å². The van der Waals surface area contributed by atoms with Gasteiger partial charge in [0.15, 0.2) is 0 Å². The Morgan fingerprint density at radius 3 is 2.85 bits per heavy atom. The molecule has 1 saturated heterocycles. The Kier molecular flexibility index (Phi) is 5.01. The van der Waals surface area contributed by atoms with Gasteiger partial charge in [-0.25, -0.2) is 0 Å². The summed E-state index contributed by atoms with van der Waals surface area (Å²) < 4.78 is 5.65. The molecule has 0 aliphatic carbocycles. The predicted octanol–water partition coefficient (Wildman–Crippen LogP) is 1.88. The molecule has 1 heterocycles. The quantitative estimate of drug-likeness (QED) is 0.893. The number of nitrogens with two attached hydrogens (primary N) is 1. The highest BCUT2D eigenvalue weighted by molar-refractivity contribution is 5.76. The van der Waals surface area contributed by atoms with E-state index in [2.05, 4.69) is 13.8 Å². The predicted molar refractivity (Wildman–Crippen MR) is 79.8 cm³/mol. The maximum Gasteiger partial charge on any atom is 0.226 e. The van der Waals surface area contributed by atoms with E-state index < -0.39 is 0 Å². The van der Waals surface area contributed by atoms with Gasteiger partial charge in [-0.1, -0.05) is 6.07 Å². The van der Waals surface area contributed by atoms with Crippen molar-refractivity contribution in [2.75, 3.05) is 26.2 Å². The largest absolute Gasteiger partial charge is 0.493 e. The van der Waals surface area contributed by atoms with Crippen molar-refractivity contribution in [2.45, 2.75) is 26.7 Å². The molecular formula is C16H24N2O2. The minimum absolute atomic E-state index is 0.171. The molecule has 1 atom stereocenters. The molecule has 1 aliphatic heterocycles. The zero-order valence-corrected chi connectivity index (χ0v) is 12.4. The topological polar surface area (TPSA) is 55.6 Å². The van der Waals surface area contributed by atoms with Gasteiger partial charge in [-0.2, -0.15) is 0 Å². The number of ether oxygens (including phenoxy) is 1. The van der Waals surface area contributed by atoms with Crippen molar-refractivity contribution >= 4 is 5.91 Å². The molecule has 1 fully saturated rings. The van der Waals surface area contributed by atoms with Gasteiger partial charge in [0.05, 0.1) is 13.0 Å². The third-order valence-electron chi connectivity index (χ3n) is 4.03. The molecule has 1 aromatic carbocycles. The number of likely N-dealkylation sites (tertiary alicyclic amines) is 1. The van der Waals surface area contributed by atoms with Crippen LogP contribution in [-0.4, -0.2) is 37.0 Å². The van der Waals surface area contributed by atoms with E-state index in [9.17, 15) is 4.79 Å². The lowest BCUT2D eigenvalue weighted by Gasteiger charge is -2.16. The molecule has 0 radical (unpaired) electrons. The molecule has 2 rings (SSSR count). The first-order chi connectivity index (χ1) is 9.60. The molecule has 110 valence electrons. The first-order valence-corrected chi connectivity index (χ1v) is 7.28. The van der Waals surface area contributed by atoms with Crippen LogP contribution in [-0.2, 0) is 4.79 Å². The summed E-state index contributed by atoms with van der Waals surface area (Å²) in [5.41, 5.74) is 8.09. The Balaban J connectivity index is 1.75. The first kappa shape index (κ1) is 14.9. The standard InChI is InChI=1S/C16H24N2O2/c1-12-3-4-15(9-13(12)2)20-8-6-16(19)18-7-5-14(10-17)11-18/h3-4,9,14H,5-8,10-11,17H2,1-2H3/t14-/m1/s1. The van der Waals surface area contributed by atoms with Crippen LogP contribution >= 0.6 is 0 Å². The van der Waals surface area contributed by atoms with E-state index in [1.54, 1.807) is 0 Å². The fourth-order valence-electron chi connectivity index (χ4n) is 2.47. The zero-order valence-electron chi connectivity index (χ0n) is 12.4. The van der Waals surface area contributed by atoms with Crippen LogP contribution in [0.5, 0.6) is 5.75 Å². The lowest BCUT2D eigenvalue weighted by molar-refractivity contribution is -0.130. The Morgan fingerprint density at radius 1 is 1.40 bits per heavy atom. The number of carbonyl (C=O) groups is 1. The van der Waals surface area contributed by atoms with Gasteiger partial charge in [-0.15, -0.1) is 0 Å². The summed E-state index contributed by atoms with van der Waals surface area (Å²) in [6, 6.07) is 6.01. The molecule has 1 aliphatic rings. The summed E-state index contributed by atoms with van der Waals surface area (Å²) in [5.74, 6) is 1.48. The molecule has 0 unspecified atom stereocenters. The second kappa shape index (κ2) is 6.75. The molecule has 1 aromatic rings. The number of nitrogens with zero attached hydrogens (tertiary/aromatic N) is 1. The van der Waals surface area contributed by atoms with Crippen molar-refractivity contribution in [1.29, 1.82) is 0 Å². The van der Waals surface area contributed by atoms with Gasteiger partial charge >= 0.3 is 0 Å². The van der Waals surface area contributed by atoms with E-state index in [0.29, 0.717) is 25.5 Å². The van der Waals surface area contributed by atoms with E-state index in [-0.39, 0.29) is 5.91 Å². The highest BCUT2D eigenvalue weighted by atomic mass is 16.5. The lowest BCUT2D eigenvalue weighted by Crippen LogP contribution is -2.30. The van der Waals surface area contributed by atoms with Gasteiger partial charge in [0.2, 0.25) is 5.91 Å². The highest BCUT2D eigenvalue weighted by Gasteiger charge is 2.24. The van der Waals surface area contributed by atoms with Crippen molar-refractivity contribution in [3.63, 3.8) is 0 Å². The molecule has 4 nitrogen and oxygen atoms in total. The van der Waals surface area contributed by atoms with Gasteiger partial charge in [0, 0.05) is 13.1 Å². The van der Waals surface area contributed by atoms with Crippen LogP contribution in [0.2, 0.25) is 0 Å². The number of hydrogen-bond donors (Lipinski definition) is 1. The monoisotopic (exact) mass is 276 g/mol. The number of benzene rings is 1. The number of amides is 1. The van der Waals surface area contributed by atoms with E-state index in [0.717, 1.165) is 25.3 Å². The summed E-state index contributed by atoms with van der Waals surface area (Å²) >= 11 is 0. The van der Waals surface area contributed by atoms with Gasteiger partial charge < -0.3 is 15.4 Å². The Labute approximate surface area is 120 Å². The molecule has 4 heteroatoms. The molecule has 0 bridgehead atoms. The van der Waals surface area contributed by atoms with Crippen LogP contribution in [0.25, 0.3) is 0 Å². The van der Waals surface area contributed by atoms with E-state index in [1.807, 2.05) is 23.1 Å². The average Bonchev–Trinajstić information content (AvgIpc) is 2.91. The van der Waals surface area contributed by atoms with Crippen molar-refractivity contribution in [3.05, 3.63) is 29.3 Å². The second-order valence-electron chi connectivity index (χ2n) is 5.57. The summed E-state index contributed by atoms with van der Waals surface area (Å²) in [4.78, 5) is 13.9. The molecule has 1 amide bonds.